The van der Waals surface area contributed by atoms with Gasteiger partial charge < -0.3 is 10.0 Å². The van der Waals surface area contributed by atoms with E-state index in [0.717, 1.165) is 6.04 Å². The van der Waals surface area contributed by atoms with Crippen LogP contribution >= 0.6 is 11.3 Å². The molecule has 3 heteroatoms. The maximum absolute atomic E-state index is 10.2. The number of piperidine rings is 1. The third kappa shape index (κ3) is 1.85. The first kappa shape index (κ1) is 11.7. The first-order chi connectivity index (χ1) is 8.18. The molecule has 1 aromatic rings. The van der Waals surface area contributed by atoms with E-state index in [1.165, 1.54) is 24.1 Å². The highest BCUT2D eigenvalue weighted by molar-refractivity contribution is 7.10. The van der Waals surface area contributed by atoms with Gasteiger partial charge in [-0.1, -0.05) is 6.07 Å². The zero-order valence-corrected chi connectivity index (χ0v) is 11.4. The lowest BCUT2D eigenvalue weighted by molar-refractivity contribution is 0.0146. The van der Waals surface area contributed by atoms with E-state index in [2.05, 4.69) is 29.5 Å². The summed E-state index contributed by atoms with van der Waals surface area (Å²) in [7, 11) is 2.24. The van der Waals surface area contributed by atoms with E-state index in [-0.39, 0.29) is 6.10 Å². The maximum Gasteiger partial charge on any atom is 0.0561 e. The van der Waals surface area contributed by atoms with Gasteiger partial charge in [0, 0.05) is 28.8 Å². The molecule has 0 amide bonds. The molecule has 0 spiro atoms. The summed E-state index contributed by atoms with van der Waals surface area (Å²) in [5, 5.41) is 12.3. The Morgan fingerprint density at radius 1 is 1.47 bits per heavy atom. The molecule has 2 fully saturated rings. The lowest BCUT2D eigenvalue weighted by atomic mass is 9.76. The Bertz CT molecular complexity index is 376. The molecular formula is C14H21NOS. The molecule has 0 aliphatic carbocycles. The molecule has 17 heavy (non-hydrogen) atoms. The van der Waals surface area contributed by atoms with Gasteiger partial charge >= 0.3 is 0 Å². The fraction of sp³-hybridized carbons (Fsp3) is 0.714. The van der Waals surface area contributed by atoms with Gasteiger partial charge in [0.05, 0.1) is 6.10 Å². The van der Waals surface area contributed by atoms with Crippen LogP contribution in [0.15, 0.2) is 17.5 Å². The van der Waals surface area contributed by atoms with Crippen molar-refractivity contribution in [2.24, 2.45) is 5.92 Å². The van der Waals surface area contributed by atoms with E-state index in [1.807, 2.05) is 18.3 Å². The molecule has 2 nitrogen and oxygen atoms in total. The SMILES string of the molecule is CC(O)C1C(c2cccs2)CC2CCC1N2C. The van der Waals surface area contributed by atoms with Gasteiger partial charge in [0.15, 0.2) is 0 Å². The van der Waals surface area contributed by atoms with Crippen LogP contribution in [-0.2, 0) is 0 Å². The van der Waals surface area contributed by atoms with Crippen LogP contribution in [0.25, 0.3) is 0 Å². The summed E-state index contributed by atoms with van der Waals surface area (Å²) in [6, 6.07) is 5.71. The van der Waals surface area contributed by atoms with Gasteiger partial charge in [-0.05, 0) is 44.7 Å². The summed E-state index contributed by atoms with van der Waals surface area (Å²) in [5.41, 5.74) is 0. The molecule has 1 aromatic heterocycles. The van der Waals surface area contributed by atoms with Gasteiger partial charge in [-0.2, -0.15) is 0 Å². The van der Waals surface area contributed by atoms with Crippen LogP contribution in [0, 0.1) is 5.92 Å². The minimum atomic E-state index is -0.200. The van der Waals surface area contributed by atoms with E-state index < -0.39 is 0 Å². The van der Waals surface area contributed by atoms with E-state index >= 15 is 0 Å². The Morgan fingerprint density at radius 2 is 2.29 bits per heavy atom. The molecule has 2 aliphatic heterocycles. The van der Waals surface area contributed by atoms with E-state index in [4.69, 9.17) is 0 Å². The highest BCUT2D eigenvalue weighted by Crippen LogP contribution is 2.48. The van der Waals surface area contributed by atoms with Gasteiger partial charge in [0.1, 0.15) is 0 Å². The second-order valence-corrected chi connectivity index (χ2v) is 6.62. The Balaban J connectivity index is 1.93. The van der Waals surface area contributed by atoms with Crippen LogP contribution in [-0.4, -0.2) is 35.2 Å². The molecule has 5 atom stereocenters. The van der Waals surface area contributed by atoms with Crippen molar-refractivity contribution in [3.05, 3.63) is 22.4 Å². The molecule has 0 saturated carbocycles. The minimum Gasteiger partial charge on any atom is -0.393 e. The molecule has 5 unspecified atom stereocenters. The third-order valence-electron chi connectivity index (χ3n) is 4.80. The van der Waals surface area contributed by atoms with Gasteiger partial charge in [-0.3, -0.25) is 0 Å². The lowest BCUT2D eigenvalue weighted by Gasteiger charge is -2.44. The highest BCUT2D eigenvalue weighted by Gasteiger charge is 2.47. The van der Waals surface area contributed by atoms with Crippen LogP contribution in [0.1, 0.15) is 37.0 Å². The van der Waals surface area contributed by atoms with Crippen LogP contribution in [0.3, 0.4) is 0 Å². The zero-order chi connectivity index (χ0) is 12.0. The predicted octanol–water partition coefficient (Wildman–Crippen LogP) is 2.70. The summed E-state index contributed by atoms with van der Waals surface area (Å²) < 4.78 is 0. The number of nitrogens with zero attached hydrogens (tertiary/aromatic N) is 1. The summed E-state index contributed by atoms with van der Waals surface area (Å²) in [6.07, 6.45) is 3.60. The number of aliphatic hydroxyl groups excluding tert-OH is 1. The summed E-state index contributed by atoms with van der Waals surface area (Å²) >= 11 is 1.85. The van der Waals surface area contributed by atoms with Crippen molar-refractivity contribution in [2.75, 3.05) is 7.05 Å². The Kier molecular flexibility index (Phi) is 3.01. The Morgan fingerprint density at radius 3 is 2.94 bits per heavy atom. The number of rotatable bonds is 2. The highest BCUT2D eigenvalue weighted by atomic mass is 32.1. The third-order valence-corrected chi connectivity index (χ3v) is 5.80. The monoisotopic (exact) mass is 251 g/mol. The molecule has 0 aromatic carbocycles. The minimum absolute atomic E-state index is 0.200. The van der Waals surface area contributed by atoms with Crippen molar-refractivity contribution in [1.82, 2.24) is 4.90 Å². The average molecular weight is 251 g/mol. The van der Waals surface area contributed by atoms with Crippen LogP contribution < -0.4 is 0 Å². The van der Waals surface area contributed by atoms with Gasteiger partial charge in [0.25, 0.3) is 0 Å². The molecule has 2 saturated heterocycles. The normalized spacial score (nSPS) is 39.5. The van der Waals surface area contributed by atoms with E-state index in [9.17, 15) is 5.11 Å². The predicted molar refractivity (Wildman–Crippen MR) is 71.4 cm³/mol. The summed E-state index contributed by atoms with van der Waals surface area (Å²) in [6.45, 7) is 1.97. The number of thiophene rings is 1. The lowest BCUT2D eigenvalue weighted by Crippen LogP contribution is -2.49. The molecule has 2 bridgehead atoms. The zero-order valence-electron chi connectivity index (χ0n) is 10.5. The number of fused-ring (bicyclic) bond motifs is 2. The van der Waals surface area contributed by atoms with Crippen molar-refractivity contribution >= 4 is 11.3 Å². The molecule has 94 valence electrons. The Hall–Kier alpha value is -0.380. The maximum atomic E-state index is 10.2. The van der Waals surface area contributed by atoms with Crippen molar-refractivity contribution in [1.29, 1.82) is 0 Å². The molecular weight excluding hydrogens is 230 g/mol. The molecule has 3 rings (SSSR count). The molecule has 1 N–H and O–H groups in total. The fourth-order valence-corrected chi connectivity index (χ4v) is 4.87. The first-order valence-electron chi connectivity index (χ1n) is 6.62. The number of aliphatic hydroxyl groups is 1. The van der Waals surface area contributed by atoms with Crippen molar-refractivity contribution in [2.45, 2.75) is 50.3 Å². The topological polar surface area (TPSA) is 23.5 Å². The van der Waals surface area contributed by atoms with E-state index in [1.54, 1.807) is 0 Å². The second kappa shape index (κ2) is 4.38. The fourth-order valence-electron chi connectivity index (χ4n) is 3.97. The average Bonchev–Trinajstić information content (AvgIpc) is 2.86. The second-order valence-electron chi connectivity index (χ2n) is 5.64. The van der Waals surface area contributed by atoms with Gasteiger partial charge in [-0.15, -0.1) is 11.3 Å². The largest absolute Gasteiger partial charge is 0.393 e. The first-order valence-corrected chi connectivity index (χ1v) is 7.50. The smallest absolute Gasteiger partial charge is 0.0561 e. The van der Waals surface area contributed by atoms with Crippen LogP contribution in [0.2, 0.25) is 0 Å². The van der Waals surface area contributed by atoms with Gasteiger partial charge in [-0.25, -0.2) is 0 Å². The number of hydrogen-bond acceptors (Lipinski definition) is 3. The van der Waals surface area contributed by atoms with Crippen LogP contribution in [0.5, 0.6) is 0 Å². The van der Waals surface area contributed by atoms with Crippen molar-refractivity contribution in [3.63, 3.8) is 0 Å². The quantitative estimate of drug-likeness (QED) is 0.873. The molecule has 0 radical (unpaired) electrons. The summed E-state index contributed by atoms with van der Waals surface area (Å²) in [5.74, 6) is 0.987. The number of hydrogen-bond donors (Lipinski definition) is 1. The standard InChI is InChI=1S/C14H21NOS/c1-9(16)14-11(13-4-3-7-17-13)8-10-5-6-12(14)15(10)2/h3-4,7,9-12,14,16H,5-6,8H2,1-2H3. The van der Waals surface area contributed by atoms with Crippen LogP contribution in [0.4, 0.5) is 0 Å². The van der Waals surface area contributed by atoms with Crippen molar-refractivity contribution < 1.29 is 5.11 Å². The van der Waals surface area contributed by atoms with Crippen molar-refractivity contribution in [3.8, 4) is 0 Å². The van der Waals surface area contributed by atoms with Gasteiger partial charge in [0.2, 0.25) is 0 Å². The Labute approximate surface area is 107 Å². The molecule has 3 heterocycles. The summed E-state index contributed by atoms with van der Waals surface area (Å²) in [4.78, 5) is 3.99. The molecule has 2 aliphatic rings. The van der Waals surface area contributed by atoms with E-state index in [0.29, 0.717) is 17.9 Å².